The molecular formula is C23H22FN3O3. The molecule has 6 nitrogen and oxygen atoms in total. The minimum atomic E-state index is -0.396. The molecule has 0 aliphatic heterocycles. The number of amides is 2. The lowest BCUT2D eigenvalue weighted by molar-refractivity contribution is -0.114. The van der Waals surface area contributed by atoms with E-state index in [0.29, 0.717) is 35.0 Å². The van der Waals surface area contributed by atoms with Gasteiger partial charge in [0.25, 0.3) is 5.91 Å². The third-order valence-electron chi connectivity index (χ3n) is 4.10. The predicted octanol–water partition coefficient (Wildman–Crippen LogP) is 4.42. The van der Waals surface area contributed by atoms with Gasteiger partial charge in [-0.15, -0.1) is 0 Å². The van der Waals surface area contributed by atoms with Gasteiger partial charge >= 0.3 is 0 Å². The van der Waals surface area contributed by atoms with Crippen LogP contribution >= 0.6 is 0 Å². The molecule has 0 aliphatic rings. The van der Waals surface area contributed by atoms with Crippen LogP contribution in [0, 0.1) is 5.82 Å². The number of benzene rings is 3. The number of hydrogen-bond donors (Lipinski definition) is 3. The van der Waals surface area contributed by atoms with Crippen molar-refractivity contribution in [1.82, 2.24) is 5.32 Å². The molecule has 0 spiro atoms. The van der Waals surface area contributed by atoms with Crippen molar-refractivity contribution in [1.29, 1.82) is 0 Å². The molecule has 0 heterocycles. The van der Waals surface area contributed by atoms with Crippen molar-refractivity contribution in [3.05, 3.63) is 84.2 Å². The predicted molar refractivity (Wildman–Crippen MR) is 114 cm³/mol. The van der Waals surface area contributed by atoms with E-state index in [2.05, 4.69) is 16.0 Å². The molecular weight excluding hydrogens is 385 g/mol. The fourth-order valence-corrected chi connectivity index (χ4v) is 2.74. The Bertz CT molecular complexity index is 1040. The summed E-state index contributed by atoms with van der Waals surface area (Å²) in [7, 11) is 0. The largest absolute Gasteiger partial charge is 0.455 e. The first-order valence-electron chi connectivity index (χ1n) is 9.49. The monoisotopic (exact) mass is 407 g/mol. The summed E-state index contributed by atoms with van der Waals surface area (Å²) < 4.78 is 19.1. The lowest BCUT2D eigenvalue weighted by Gasteiger charge is -2.13. The van der Waals surface area contributed by atoms with Crippen LogP contribution in [0.1, 0.15) is 17.3 Å². The van der Waals surface area contributed by atoms with Crippen LogP contribution in [-0.2, 0) is 4.79 Å². The van der Waals surface area contributed by atoms with E-state index < -0.39 is 5.82 Å². The Labute approximate surface area is 174 Å². The van der Waals surface area contributed by atoms with Crippen LogP contribution < -0.4 is 20.7 Å². The van der Waals surface area contributed by atoms with Crippen LogP contribution in [0.4, 0.5) is 15.8 Å². The molecule has 0 saturated carbocycles. The van der Waals surface area contributed by atoms with Crippen LogP contribution in [0.15, 0.2) is 72.8 Å². The van der Waals surface area contributed by atoms with E-state index >= 15 is 0 Å². The second kappa shape index (κ2) is 10.1. The number of carbonyl (C=O) groups is 2. The molecule has 3 aromatic carbocycles. The van der Waals surface area contributed by atoms with Crippen LogP contribution in [0.25, 0.3) is 0 Å². The van der Waals surface area contributed by atoms with E-state index in [1.165, 1.54) is 12.1 Å². The summed E-state index contributed by atoms with van der Waals surface area (Å²) in [6.07, 6.45) is 0. The Kier molecular flexibility index (Phi) is 7.00. The third-order valence-corrected chi connectivity index (χ3v) is 4.10. The number of anilines is 2. The molecule has 7 heteroatoms. The lowest BCUT2D eigenvalue weighted by atomic mass is 10.2. The highest BCUT2D eigenvalue weighted by atomic mass is 19.1. The van der Waals surface area contributed by atoms with Gasteiger partial charge < -0.3 is 20.7 Å². The van der Waals surface area contributed by atoms with Crippen LogP contribution in [-0.4, -0.2) is 24.9 Å². The number of ether oxygens (including phenoxy) is 1. The van der Waals surface area contributed by atoms with E-state index in [1.54, 1.807) is 60.7 Å². The van der Waals surface area contributed by atoms with Crippen LogP contribution in [0.2, 0.25) is 0 Å². The highest BCUT2D eigenvalue weighted by Gasteiger charge is 2.09. The molecule has 0 radical (unpaired) electrons. The molecule has 0 aromatic heterocycles. The second-order valence-electron chi connectivity index (χ2n) is 6.40. The first-order valence-corrected chi connectivity index (χ1v) is 9.49. The Morgan fingerprint density at radius 3 is 2.57 bits per heavy atom. The molecule has 0 bridgehead atoms. The Morgan fingerprint density at radius 1 is 0.967 bits per heavy atom. The van der Waals surface area contributed by atoms with E-state index in [9.17, 15) is 14.0 Å². The van der Waals surface area contributed by atoms with Gasteiger partial charge in [-0.25, -0.2) is 4.39 Å². The molecule has 0 saturated heterocycles. The van der Waals surface area contributed by atoms with Gasteiger partial charge in [0.1, 0.15) is 11.6 Å². The fourth-order valence-electron chi connectivity index (χ4n) is 2.74. The molecule has 30 heavy (non-hydrogen) atoms. The Morgan fingerprint density at radius 2 is 1.77 bits per heavy atom. The van der Waals surface area contributed by atoms with E-state index in [4.69, 9.17) is 4.74 Å². The lowest BCUT2D eigenvalue weighted by Crippen LogP contribution is -2.24. The Balaban J connectivity index is 1.61. The maximum Gasteiger partial charge on any atom is 0.251 e. The zero-order valence-electron chi connectivity index (χ0n) is 16.4. The normalized spacial score (nSPS) is 10.2. The molecule has 3 rings (SSSR count). The van der Waals surface area contributed by atoms with Crippen molar-refractivity contribution in [2.24, 2.45) is 0 Å². The summed E-state index contributed by atoms with van der Waals surface area (Å²) in [4.78, 5) is 24.3. The molecule has 0 atom stereocenters. The number of rotatable bonds is 8. The van der Waals surface area contributed by atoms with Crippen molar-refractivity contribution < 1.29 is 18.7 Å². The molecule has 0 fully saturated rings. The van der Waals surface area contributed by atoms with Gasteiger partial charge in [-0.1, -0.05) is 24.3 Å². The molecule has 3 N–H and O–H groups in total. The van der Waals surface area contributed by atoms with Gasteiger partial charge in [-0.05, 0) is 49.4 Å². The fraction of sp³-hybridized carbons (Fsp3) is 0.130. The van der Waals surface area contributed by atoms with E-state index in [-0.39, 0.29) is 18.4 Å². The van der Waals surface area contributed by atoms with Gasteiger partial charge in [0.05, 0.1) is 12.2 Å². The van der Waals surface area contributed by atoms with Crippen molar-refractivity contribution in [3.8, 4) is 11.5 Å². The molecule has 154 valence electrons. The maximum atomic E-state index is 13.4. The summed E-state index contributed by atoms with van der Waals surface area (Å²) in [5.74, 6) is -0.0593. The molecule has 0 aliphatic carbocycles. The minimum absolute atomic E-state index is 0.0189. The zero-order valence-corrected chi connectivity index (χ0v) is 16.4. The van der Waals surface area contributed by atoms with Crippen molar-refractivity contribution in [3.63, 3.8) is 0 Å². The molecule has 3 aromatic rings. The molecule has 2 amide bonds. The standard InChI is InChI=1S/C23H22FN3O3/c1-2-25-23(29)16-7-5-9-18(13-16)27-22(28)15-26-20-11-3-4-12-21(20)30-19-10-6-8-17(24)14-19/h3-14,26H,2,15H2,1H3,(H,25,29)(H,27,28). The average Bonchev–Trinajstić information content (AvgIpc) is 2.73. The molecule has 0 unspecified atom stereocenters. The average molecular weight is 407 g/mol. The van der Waals surface area contributed by atoms with Crippen molar-refractivity contribution in [2.45, 2.75) is 6.92 Å². The van der Waals surface area contributed by atoms with Crippen LogP contribution in [0.5, 0.6) is 11.5 Å². The summed E-state index contributed by atoms with van der Waals surface area (Å²) >= 11 is 0. The SMILES string of the molecule is CCNC(=O)c1cccc(NC(=O)CNc2ccccc2Oc2cccc(F)c2)c1. The number of carbonyl (C=O) groups excluding carboxylic acids is 2. The third kappa shape index (κ3) is 5.81. The number of halogens is 1. The highest BCUT2D eigenvalue weighted by Crippen LogP contribution is 2.29. The summed E-state index contributed by atoms with van der Waals surface area (Å²) in [6, 6.07) is 19.6. The topological polar surface area (TPSA) is 79.5 Å². The van der Waals surface area contributed by atoms with E-state index in [1.807, 2.05) is 6.92 Å². The van der Waals surface area contributed by atoms with Gasteiger partial charge in [0.2, 0.25) is 5.91 Å². The number of hydrogen-bond acceptors (Lipinski definition) is 4. The minimum Gasteiger partial charge on any atom is -0.455 e. The van der Waals surface area contributed by atoms with E-state index in [0.717, 1.165) is 0 Å². The smallest absolute Gasteiger partial charge is 0.251 e. The zero-order chi connectivity index (χ0) is 21.3. The summed E-state index contributed by atoms with van der Waals surface area (Å²) in [6.45, 7) is 2.34. The summed E-state index contributed by atoms with van der Waals surface area (Å²) in [5, 5.41) is 8.49. The number of nitrogens with one attached hydrogen (secondary N) is 3. The van der Waals surface area contributed by atoms with Gasteiger partial charge in [-0.3, -0.25) is 9.59 Å². The first-order chi connectivity index (χ1) is 14.5. The van der Waals surface area contributed by atoms with Crippen molar-refractivity contribution >= 4 is 23.2 Å². The maximum absolute atomic E-state index is 13.4. The van der Waals surface area contributed by atoms with Crippen LogP contribution in [0.3, 0.4) is 0 Å². The van der Waals surface area contributed by atoms with Crippen molar-refractivity contribution in [2.75, 3.05) is 23.7 Å². The summed E-state index contributed by atoms with van der Waals surface area (Å²) in [5.41, 5.74) is 1.58. The van der Waals surface area contributed by atoms with Gasteiger partial charge in [0.15, 0.2) is 5.75 Å². The quantitative estimate of drug-likeness (QED) is 0.517. The second-order valence-corrected chi connectivity index (χ2v) is 6.40. The van der Waals surface area contributed by atoms with Gasteiger partial charge in [0, 0.05) is 23.9 Å². The number of para-hydroxylation sites is 2. The first kappa shape index (κ1) is 20.9. The highest BCUT2D eigenvalue weighted by molar-refractivity contribution is 5.98. The Hall–Kier alpha value is -3.87. The van der Waals surface area contributed by atoms with Gasteiger partial charge in [-0.2, -0.15) is 0 Å².